The first-order valence-corrected chi connectivity index (χ1v) is 10.3. The summed E-state index contributed by atoms with van der Waals surface area (Å²) in [7, 11) is -1.23. The Bertz CT molecular complexity index is 994. The van der Waals surface area contributed by atoms with Gasteiger partial charge in [-0.1, -0.05) is 11.6 Å². The van der Waals surface area contributed by atoms with Gasteiger partial charge in [-0.05, 0) is 31.5 Å². The number of hydrogen-bond donors (Lipinski definition) is 0. The average Bonchev–Trinajstić information content (AvgIpc) is 2.59. The third-order valence-electron chi connectivity index (χ3n) is 3.79. The smallest absolute Gasteiger partial charge is 0.194 e. The van der Waals surface area contributed by atoms with E-state index in [1.807, 2.05) is 18.9 Å². The second-order valence-electron chi connectivity index (χ2n) is 6.00. The highest BCUT2D eigenvalue weighted by Crippen LogP contribution is 2.32. The van der Waals surface area contributed by atoms with Crippen LogP contribution in [0.25, 0.3) is 0 Å². The normalized spacial score (nSPS) is 13.6. The first-order chi connectivity index (χ1) is 12.5. The lowest BCUT2D eigenvalue weighted by Gasteiger charge is -2.12. The monoisotopic (exact) mass is 417 g/mol. The fourth-order valence-electron chi connectivity index (χ4n) is 2.24. The molecule has 0 aromatic heterocycles. The van der Waals surface area contributed by atoms with Gasteiger partial charge in [-0.2, -0.15) is 4.36 Å². The molecule has 0 bridgehead atoms. The largest absolute Gasteiger partial charge is 0.366 e. The van der Waals surface area contributed by atoms with Gasteiger partial charge in [-0.15, -0.1) is 0 Å². The molecule has 1 atom stereocenters. The van der Waals surface area contributed by atoms with E-state index in [-0.39, 0.29) is 10.7 Å². The van der Waals surface area contributed by atoms with Crippen LogP contribution in [-0.2, 0) is 9.73 Å². The molecule has 2 aromatic carbocycles. The van der Waals surface area contributed by atoms with Crippen molar-refractivity contribution in [2.45, 2.75) is 18.7 Å². The minimum Gasteiger partial charge on any atom is -0.366 e. The minimum atomic E-state index is -3.09. The van der Waals surface area contributed by atoms with Crippen LogP contribution in [0.3, 0.4) is 0 Å². The molecule has 0 saturated heterocycles. The minimum absolute atomic E-state index is 0.262. The second-order valence-corrected chi connectivity index (χ2v) is 8.64. The number of nitrogens with zero attached hydrogens (tertiary/aromatic N) is 3. The fourth-order valence-corrected chi connectivity index (χ4v) is 4.12. The molecule has 146 valence electrons. The Morgan fingerprint density at radius 2 is 1.78 bits per heavy atom. The van der Waals surface area contributed by atoms with E-state index >= 15 is 0 Å². The third kappa shape index (κ3) is 5.01. The lowest BCUT2D eigenvalue weighted by molar-refractivity contribution is 0.447. The summed E-state index contributed by atoms with van der Waals surface area (Å²) in [6.07, 6.45) is 2.94. The van der Waals surface area contributed by atoms with Crippen LogP contribution in [0.1, 0.15) is 12.5 Å². The highest BCUT2D eigenvalue weighted by atomic mass is 35.5. The van der Waals surface area contributed by atoms with Crippen molar-refractivity contribution in [3.8, 4) is 0 Å². The summed E-state index contributed by atoms with van der Waals surface area (Å²) in [6.45, 7) is 4.44. The fraction of sp³-hybridized carbons (Fsp3) is 0.278. The molecular formula is C18H19ClF3N3OS. The summed E-state index contributed by atoms with van der Waals surface area (Å²) in [4.78, 5) is 6.44. The molecule has 0 aliphatic heterocycles. The van der Waals surface area contributed by atoms with E-state index in [9.17, 15) is 17.4 Å². The van der Waals surface area contributed by atoms with Crippen LogP contribution in [0.4, 0.5) is 24.5 Å². The quantitative estimate of drug-likeness (QED) is 0.368. The first kappa shape index (κ1) is 21.2. The van der Waals surface area contributed by atoms with Gasteiger partial charge in [0.15, 0.2) is 17.5 Å². The van der Waals surface area contributed by atoms with Crippen LogP contribution in [0.15, 0.2) is 38.5 Å². The Labute approximate surface area is 161 Å². The molecule has 2 rings (SSSR count). The van der Waals surface area contributed by atoms with E-state index in [1.165, 1.54) is 12.3 Å². The van der Waals surface area contributed by atoms with E-state index in [0.29, 0.717) is 28.3 Å². The van der Waals surface area contributed by atoms with Gasteiger partial charge < -0.3 is 4.90 Å². The average molecular weight is 418 g/mol. The highest BCUT2D eigenvalue weighted by Gasteiger charge is 2.16. The van der Waals surface area contributed by atoms with Crippen LogP contribution in [0.2, 0.25) is 5.02 Å². The van der Waals surface area contributed by atoms with Gasteiger partial charge in [-0.25, -0.2) is 22.4 Å². The van der Waals surface area contributed by atoms with E-state index in [1.54, 1.807) is 19.3 Å². The van der Waals surface area contributed by atoms with Crippen LogP contribution < -0.4 is 0 Å². The zero-order valence-corrected chi connectivity index (χ0v) is 16.8. The lowest BCUT2D eigenvalue weighted by atomic mass is 10.2. The van der Waals surface area contributed by atoms with Crippen molar-refractivity contribution in [1.82, 2.24) is 4.90 Å². The van der Waals surface area contributed by atoms with Crippen LogP contribution >= 0.6 is 11.6 Å². The maximum Gasteiger partial charge on any atom is 0.194 e. The number of aliphatic imine (C=N–C) groups is 1. The molecule has 9 heteroatoms. The number of halogens is 4. The maximum absolute atomic E-state index is 13.4. The van der Waals surface area contributed by atoms with E-state index < -0.39 is 27.2 Å². The third-order valence-corrected chi connectivity index (χ3v) is 5.91. The number of hydrogen-bond acceptors (Lipinski definition) is 3. The van der Waals surface area contributed by atoms with Crippen molar-refractivity contribution in [2.24, 2.45) is 9.36 Å². The molecule has 0 N–H and O–H groups in total. The van der Waals surface area contributed by atoms with Gasteiger partial charge >= 0.3 is 0 Å². The topological polar surface area (TPSA) is 45.0 Å². The van der Waals surface area contributed by atoms with Crippen molar-refractivity contribution in [3.05, 3.63) is 52.3 Å². The van der Waals surface area contributed by atoms with E-state index in [0.717, 1.165) is 6.54 Å². The Morgan fingerprint density at radius 1 is 1.19 bits per heavy atom. The summed E-state index contributed by atoms with van der Waals surface area (Å²) in [6, 6.07) is 4.51. The molecule has 4 nitrogen and oxygen atoms in total. The molecule has 0 radical (unpaired) electrons. The van der Waals surface area contributed by atoms with Crippen molar-refractivity contribution in [1.29, 1.82) is 0 Å². The summed E-state index contributed by atoms with van der Waals surface area (Å²) in [5.74, 6) is -4.40. The molecular weight excluding hydrogens is 399 g/mol. The maximum atomic E-state index is 13.4. The van der Waals surface area contributed by atoms with Crippen molar-refractivity contribution in [2.75, 3.05) is 19.8 Å². The Balaban J connectivity index is 2.52. The lowest BCUT2D eigenvalue weighted by Crippen LogP contribution is -2.14. The molecule has 0 spiro atoms. The predicted molar refractivity (Wildman–Crippen MR) is 103 cm³/mol. The molecule has 2 aromatic rings. The van der Waals surface area contributed by atoms with Crippen LogP contribution in [-0.4, -0.2) is 35.3 Å². The van der Waals surface area contributed by atoms with Crippen molar-refractivity contribution < 1.29 is 17.4 Å². The number of benzene rings is 2. The zero-order chi connectivity index (χ0) is 20.4. The van der Waals surface area contributed by atoms with Gasteiger partial charge in [0.1, 0.15) is 0 Å². The van der Waals surface area contributed by atoms with Crippen LogP contribution in [0.5, 0.6) is 0 Å². The second kappa shape index (κ2) is 8.31. The van der Waals surface area contributed by atoms with Gasteiger partial charge in [0, 0.05) is 32.0 Å². The Morgan fingerprint density at radius 3 is 2.33 bits per heavy atom. The van der Waals surface area contributed by atoms with E-state index in [2.05, 4.69) is 9.36 Å². The first-order valence-electron chi connectivity index (χ1n) is 7.96. The molecule has 0 fully saturated rings. The number of aryl methyl sites for hydroxylation is 1. The van der Waals surface area contributed by atoms with Gasteiger partial charge in [-0.3, -0.25) is 0 Å². The molecule has 0 saturated carbocycles. The van der Waals surface area contributed by atoms with Crippen molar-refractivity contribution in [3.63, 3.8) is 0 Å². The Kier molecular flexibility index (Phi) is 6.54. The van der Waals surface area contributed by atoms with Crippen molar-refractivity contribution >= 4 is 39.0 Å². The standard InChI is InChI=1S/C18H19ClF3N3OS/c1-5-25(3)10-23-16-6-11(2)17(9-13(16)19)27(4,26)24-12-7-14(20)18(22)15(21)8-12/h6-10H,5H2,1-4H3/b23-10-. The highest BCUT2D eigenvalue weighted by molar-refractivity contribution is 7.93. The molecule has 0 heterocycles. The molecule has 1 unspecified atom stereocenters. The number of rotatable bonds is 5. The van der Waals surface area contributed by atoms with Gasteiger partial charge in [0.25, 0.3) is 0 Å². The van der Waals surface area contributed by atoms with Crippen LogP contribution in [0, 0.1) is 24.4 Å². The molecule has 0 amide bonds. The summed E-state index contributed by atoms with van der Waals surface area (Å²) >= 11 is 6.24. The molecule has 27 heavy (non-hydrogen) atoms. The summed E-state index contributed by atoms with van der Waals surface area (Å²) < 4.78 is 56.8. The summed E-state index contributed by atoms with van der Waals surface area (Å²) in [5.41, 5.74) is 0.832. The SMILES string of the molecule is CCN(C)/C=N\c1cc(C)c(S(C)(=O)=Nc2cc(F)c(F)c(F)c2)cc1Cl. The summed E-state index contributed by atoms with van der Waals surface area (Å²) in [5, 5.41) is 0.262. The van der Waals surface area contributed by atoms with E-state index in [4.69, 9.17) is 11.6 Å². The van der Waals surface area contributed by atoms with Gasteiger partial charge in [0.2, 0.25) is 0 Å². The van der Waals surface area contributed by atoms with Gasteiger partial charge in [0.05, 0.1) is 37.4 Å². The predicted octanol–water partition coefficient (Wildman–Crippen LogP) is 5.47. The molecule has 0 aliphatic carbocycles. The zero-order valence-electron chi connectivity index (χ0n) is 15.3. The molecule has 0 aliphatic rings. The Hall–Kier alpha value is -2.06.